The maximum atomic E-state index is 5.50. The summed E-state index contributed by atoms with van der Waals surface area (Å²) in [6.07, 6.45) is 9.83. The van der Waals surface area contributed by atoms with Crippen molar-refractivity contribution in [2.45, 2.75) is 39.0 Å². The number of nitrogens with zero attached hydrogens (tertiary/aromatic N) is 5. The molecule has 9 aromatic rings. The van der Waals surface area contributed by atoms with Gasteiger partial charge in [-0.3, -0.25) is 4.57 Å². The molecule has 0 saturated carbocycles. The minimum Gasteiger partial charge on any atom is -0.307 e. The maximum Gasteiger partial charge on any atom is 0.238 e. The van der Waals surface area contributed by atoms with E-state index >= 15 is 0 Å². The summed E-state index contributed by atoms with van der Waals surface area (Å²) in [5.41, 5.74) is 14.2. The van der Waals surface area contributed by atoms with Crippen molar-refractivity contribution >= 4 is 43.9 Å². The van der Waals surface area contributed by atoms with Crippen molar-refractivity contribution in [2.75, 3.05) is 0 Å². The Balaban J connectivity index is 1.22. The zero-order chi connectivity index (χ0) is 37.9. The SMILES string of the molecule is CC1CC=C(c2nc(-c3cccc(-c4ccccc4)c3)nc(-n3c4c(c5ccc6c7ccccc7n(-c7ccccc7)c6c53)CCCC4)n2)C=C1c1ccccc1. The number of allylic oxidation sites excluding steroid dienone is 4. The zero-order valence-electron chi connectivity index (χ0n) is 31.9. The smallest absolute Gasteiger partial charge is 0.238 e. The van der Waals surface area contributed by atoms with E-state index in [9.17, 15) is 0 Å². The average molecular weight is 736 g/mol. The third-order valence-corrected chi connectivity index (χ3v) is 12.0. The highest BCUT2D eigenvalue weighted by atomic mass is 15.2. The lowest BCUT2D eigenvalue weighted by atomic mass is 9.85. The molecule has 0 aliphatic heterocycles. The molecule has 0 N–H and O–H groups in total. The van der Waals surface area contributed by atoms with Crippen molar-refractivity contribution < 1.29 is 0 Å². The first-order valence-electron chi connectivity index (χ1n) is 20.2. The molecule has 274 valence electrons. The van der Waals surface area contributed by atoms with Gasteiger partial charge in [-0.15, -0.1) is 0 Å². The Morgan fingerprint density at radius 1 is 0.526 bits per heavy atom. The van der Waals surface area contributed by atoms with Gasteiger partial charge in [0.15, 0.2) is 11.6 Å². The second-order valence-electron chi connectivity index (χ2n) is 15.5. The van der Waals surface area contributed by atoms with E-state index < -0.39 is 0 Å². The van der Waals surface area contributed by atoms with Gasteiger partial charge in [-0.2, -0.15) is 9.97 Å². The summed E-state index contributed by atoms with van der Waals surface area (Å²) >= 11 is 0. The second-order valence-corrected chi connectivity index (χ2v) is 15.5. The number of hydrogen-bond acceptors (Lipinski definition) is 3. The molecule has 57 heavy (non-hydrogen) atoms. The molecule has 0 radical (unpaired) electrons. The molecule has 0 bridgehead atoms. The summed E-state index contributed by atoms with van der Waals surface area (Å²) < 4.78 is 4.86. The van der Waals surface area contributed by atoms with Gasteiger partial charge in [0.25, 0.3) is 0 Å². The maximum absolute atomic E-state index is 5.50. The summed E-state index contributed by atoms with van der Waals surface area (Å²) in [5, 5.41) is 3.74. The number of aromatic nitrogens is 5. The van der Waals surface area contributed by atoms with Crippen LogP contribution in [-0.4, -0.2) is 24.1 Å². The van der Waals surface area contributed by atoms with Gasteiger partial charge in [0.05, 0.1) is 16.6 Å². The molecular weight excluding hydrogens is 695 g/mol. The molecule has 5 nitrogen and oxygen atoms in total. The molecule has 3 heterocycles. The summed E-state index contributed by atoms with van der Waals surface area (Å²) in [6.45, 7) is 2.31. The fourth-order valence-corrected chi connectivity index (χ4v) is 9.28. The summed E-state index contributed by atoms with van der Waals surface area (Å²) in [4.78, 5) is 16.3. The van der Waals surface area contributed by atoms with Crippen molar-refractivity contribution in [3.05, 3.63) is 186 Å². The van der Waals surface area contributed by atoms with E-state index in [0.29, 0.717) is 23.5 Å². The van der Waals surface area contributed by atoms with Crippen molar-refractivity contribution in [3.63, 3.8) is 0 Å². The molecule has 1 unspecified atom stereocenters. The van der Waals surface area contributed by atoms with E-state index in [1.165, 1.54) is 56.0 Å². The van der Waals surface area contributed by atoms with Gasteiger partial charge in [-0.25, -0.2) is 4.98 Å². The fraction of sp³-hybridized carbons (Fsp3) is 0.135. The molecule has 2 aliphatic rings. The lowest BCUT2D eigenvalue weighted by Gasteiger charge is -2.21. The molecule has 0 fully saturated rings. The van der Waals surface area contributed by atoms with Crippen LogP contribution < -0.4 is 0 Å². The minimum atomic E-state index is 0.382. The zero-order valence-corrected chi connectivity index (χ0v) is 31.9. The number of benzene rings is 6. The van der Waals surface area contributed by atoms with Crippen LogP contribution >= 0.6 is 0 Å². The van der Waals surface area contributed by atoms with E-state index in [4.69, 9.17) is 15.0 Å². The average Bonchev–Trinajstić information content (AvgIpc) is 3.81. The van der Waals surface area contributed by atoms with E-state index in [1.54, 1.807) is 0 Å². The Bertz CT molecular complexity index is 3040. The molecule has 6 aromatic carbocycles. The fourth-order valence-electron chi connectivity index (χ4n) is 9.28. The Morgan fingerprint density at radius 3 is 2.00 bits per heavy atom. The molecule has 3 aromatic heterocycles. The van der Waals surface area contributed by atoms with Crippen LogP contribution in [0.15, 0.2) is 164 Å². The number of fused-ring (bicyclic) bond motifs is 7. The molecule has 5 heteroatoms. The Morgan fingerprint density at radius 2 is 1.18 bits per heavy atom. The van der Waals surface area contributed by atoms with Crippen molar-refractivity contribution in [1.29, 1.82) is 0 Å². The summed E-state index contributed by atoms with van der Waals surface area (Å²) in [5.74, 6) is 2.42. The van der Waals surface area contributed by atoms with Gasteiger partial charge in [-0.05, 0) is 96.2 Å². The van der Waals surface area contributed by atoms with Crippen LogP contribution in [0.2, 0.25) is 0 Å². The lowest BCUT2D eigenvalue weighted by Crippen LogP contribution is -2.13. The molecule has 1 atom stereocenters. The highest BCUT2D eigenvalue weighted by molar-refractivity contribution is 6.19. The van der Waals surface area contributed by atoms with Gasteiger partial charge >= 0.3 is 0 Å². The first-order chi connectivity index (χ1) is 28.2. The summed E-state index contributed by atoms with van der Waals surface area (Å²) in [7, 11) is 0. The van der Waals surface area contributed by atoms with Crippen LogP contribution in [-0.2, 0) is 12.8 Å². The van der Waals surface area contributed by atoms with Crippen molar-refractivity contribution in [1.82, 2.24) is 24.1 Å². The number of rotatable bonds is 6. The largest absolute Gasteiger partial charge is 0.307 e. The molecule has 11 rings (SSSR count). The van der Waals surface area contributed by atoms with Crippen LogP contribution in [0, 0.1) is 5.92 Å². The highest BCUT2D eigenvalue weighted by Gasteiger charge is 2.28. The highest BCUT2D eigenvalue weighted by Crippen LogP contribution is 2.43. The van der Waals surface area contributed by atoms with Gasteiger partial charge in [0.2, 0.25) is 5.95 Å². The summed E-state index contributed by atoms with van der Waals surface area (Å²) in [6, 6.07) is 54.2. The molecule has 0 amide bonds. The van der Waals surface area contributed by atoms with Crippen molar-refractivity contribution in [2.24, 2.45) is 5.92 Å². The van der Waals surface area contributed by atoms with Gasteiger partial charge < -0.3 is 4.57 Å². The predicted octanol–water partition coefficient (Wildman–Crippen LogP) is 12.6. The third kappa shape index (κ3) is 5.64. The first-order valence-corrected chi connectivity index (χ1v) is 20.2. The molecular formula is C52H41N5. The normalized spacial score (nSPS) is 15.5. The third-order valence-electron chi connectivity index (χ3n) is 12.0. The predicted molar refractivity (Wildman–Crippen MR) is 235 cm³/mol. The van der Waals surface area contributed by atoms with Crippen LogP contribution in [0.5, 0.6) is 0 Å². The van der Waals surface area contributed by atoms with E-state index in [-0.39, 0.29) is 0 Å². The van der Waals surface area contributed by atoms with Crippen molar-refractivity contribution in [3.8, 4) is 34.2 Å². The van der Waals surface area contributed by atoms with E-state index in [2.05, 4.69) is 180 Å². The van der Waals surface area contributed by atoms with Crippen LogP contribution in [0.4, 0.5) is 0 Å². The Labute approximate surface area is 332 Å². The Kier molecular flexibility index (Phi) is 8.06. The Hall–Kier alpha value is -6.85. The lowest BCUT2D eigenvalue weighted by molar-refractivity contribution is 0.661. The van der Waals surface area contributed by atoms with Gasteiger partial charge in [0.1, 0.15) is 0 Å². The molecule has 0 saturated heterocycles. The van der Waals surface area contributed by atoms with Gasteiger partial charge in [-0.1, -0.05) is 140 Å². The second kappa shape index (κ2) is 13.7. The van der Waals surface area contributed by atoms with Crippen LogP contribution in [0.3, 0.4) is 0 Å². The number of hydrogen-bond donors (Lipinski definition) is 0. The first kappa shape index (κ1) is 33.5. The number of aryl methyl sites for hydroxylation is 1. The standard InChI is InChI=1S/C52H41N5/c1-34-28-29-39(33-45(34)36-18-7-3-8-19-36)51-53-50(38-21-15-20-37(32-38)35-16-5-2-6-17-35)54-52(55-51)57-47-27-14-12-25-42(47)44-31-30-43-41-24-11-13-26-46(41)56(48(43)49(44)57)40-22-9-4-10-23-40/h2-11,13,15-24,26,29-34H,12,14,25,27-28H2,1H3. The van der Waals surface area contributed by atoms with Crippen LogP contribution in [0.25, 0.3) is 78.0 Å². The van der Waals surface area contributed by atoms with Gasteiger partial charge in [0, 0.05) is 38.7 Å². The minimum absolute atomic E-state index is 0.382. The van der Waals surface area contributed by atoms with E-state index in [1.807, 2.05) is 0 Å². The molecule has 2 aliphatic carbocycles. The van der Waals surface area contributed by atoms with Crippen LogP contribution in [0.1, 0.15) is 48.8 Å². The van der Waals surface area contributed by atoms with E-state index in [0.717, 1.165) is 59.2 Å². The topological polar surface area (TPSA) is 48.5 Å². The number of para-hydroxylation sites is 2. The molecule has 0 spiro atoms. The monoisotopic (exact) mass is 735 g/mol. The quantitative estimate of drug-likeness (QED) is 0.171.